The van der Waals surface area contributed by atoms with Crippen LogP contribution in [-0.4, -0.2) is 11.9 Å². The van der Waals surface area contributed by atoms with Crippen molar-refractivity contribution >= 4 is 35.2 Å². The van der Waals surface area contributed by atoms with Gasteiger partial charge in [-0.3, -0.25) is 4.79 Å². The van der Waals surface area contributed by atoms with Gasteiger partial charge in [0.05, 0.1) is 0 Å². The molecule has 1 amide bonds. The Morgan fingerprint density at radius 2 is 1.57 bits per heavy atom. The number of ether oxygens (including phenoxy) is 1. The Labute approximate surface area is 168 Å². The molecular formula is C23H18ClNO3. The number of hydrogen-bond acceptors (Lipinski definition) is 3. The van der Waals surface area contributed by atoms with Crippen LogP contribution in [0.4, 0.5) is 5.69 Å². The first-order valence-electron chi connectivity index (χ1n) is 8.66. The minimum Gasteiger partial charge on any atom is -0.458 e. The van der Waals surface area contributed by atoms with Gasteiger partial charge in [-0.15, -0.1) is 0 Å². The molecule has 0 aliphatic heterocycles. The smallest absolute Gasteiger partial charge is 0.331 e. The summed E-state index contributed by atoms with van der Waals surface area (Å²) in [4.78, 5) is 24.1. The summed E-state index contributed by atoms with van der Waals surface area (Å²) >= 11 is 5.82. The molecule has 28 heavy (non-hydrogen) atoms. The average Bonchev–Trinajstić information content (AvgIpc) is 2.73. The van der Waals surface area contributed by atoms with E-state index in [1.165, 1.54) is 6.08 Å². The van der Waals surface area contributed by atoms with Crippen molar-refractivity contribution in [2.45, 2.75) is 6.61 Å². The van der Waals surface area contributed by atoms with Gasteiger partial charge in [0.2, 0.25) is 0 Å². The molecule has 0 heterocycles. The molecule has 0 saturated heterocycles. The third kappa shape index (κ3) is 5.83. The van der Waals surface area contributed by atoms with E-state index in [-0.39, 0.29) is 12.5 Å². The molecule has 0 aliphatic carbocycles. The lowest BCUT2D eigenvalue weighted by atomic mass is 10.1. The SMILES string of the molecule is O=C(/C=C/c1ccc(Cl)cc1)OCc1ccc(C(=O)Nc2ccccc2)cc1. The van der Waals surface area contributed by atoms with E-state index in [1.807, 2.05) is 42.5 Å². The number of benzene rings is 3. The molecule has 3 rings (SSSR count). The molecule has 0 radical (unpaired) electrons. The van der Waals surface area contributed by atoms with Gasteiger partial charge in [-0.05, 0) is 53.6 Å². The van der Waals surface area contributed by atoms with E-state index in [0.29, 0.717) is 10.6 Å². The van der Waals surface area contributed by atoms with Crippen molar-refractivity contribution in [3.8, 4) is 0 Å². The Morgan fingerprint density at radius 1 is 0.893 bits per heavy atom. The molecule has 140 valence electrons. The summed E-state index contributed by atoms with van der Waals surface area (Å²) in [7, 11) is 0. The molecule has 0 aliphatic rings. The van der Waals surface area contributed by atoms with E-state index in [1.54, 1.807) is 42.5 Å². The minimum atomic E-state index is -0.444. The fourth-order valence-corrected chi connectivity index (χ4v) is 2.54. The zero-order chi connectivity index (χ0) is 19.8. The first-order valence-corrected chi connectivity index (χ1v) is 9.04. The van der Waals surface area contributed by atoms with Gasteiger partial charge < -0.3 is 10.1 Å². The van der Waals surface area contributed by atoms with Crippen LogP contribution in [0.15, 0.2) is 84.9 Å². The highest BCUT2D eigenvalue weighted by Gasteiger charge is 2.06. The zero-order valence-corrected chi connectivity index (χ0v) is 15.7. The largest absolute Gasteiger partial charge is 0.458 e. The van der Waals surface area contributed by atoms with Crippen LogP contribution in [0.25, 0.3) is 6.08 Å². The highest BCUT2D eigenvalue weighted by Crippen LogP contribution is 2.12. The van der Waals surface area contributed by atoms with Crippen LogP contribution in [0, 0.1) is 0 Å². The van der Waals surface area contributed by atoms with Crippen molar-refractivity contribution in [3.05, 3.63) is 107 Å². The van der Waals surface area contributed by atoms with E-state index in [4.69, 9.17) is 16.3 Å². The quantitative estimate of drug-likeness (QED) is 0.455. The molecule has 0 fully saturated rings. The van der Waals surface area contributed by atoms with E-state index < -0.39 is 5.97 Å². The Kier molecular flexibility index (Phi) is 6.60. The van der Waals surface area contributed by atoms with Crippen molar-refractivity contribution in [2.24, 2.45) is 0 Å². The Bertz CT molecular complexity index is 965. The molecule has 0 saturated carbocycles. The second-order valence-electron chi connectivity index (χ2n) is 6.01. The van der Waals surface area contributed by atoms with E-state index in [2.05, 4.69) is 5.32 Å². The maximum atomic E-state index is 12.2. The van der Waals surface area contributed by atoms with E-state index in [0.717, 1.165) is 16.8 Å². The molecule has 0 spiro atoms. The van der Waals surface area contributed by atoms with Gasteiger partial charge in [-0.25, -0.2) is 4.79 Å². The van der Waals surface area contributed by atoms with Gasteiger partial charge in [-0.1, -0.05) is 54.1 Å². The van der Waals surface area contributed by atoms with Crippen molar-refractivity contribution in [1.29, 1.82) is 0 Å². The number of nitrogens with one attached hydrogen (secondary N) is 1. The number of para-hydroxylation sites is 1. The fraction of sp³-hybridized carbons (Fsp3) is 0.0435. The van der Waals surface area contributed by atoms with Crippen molar-refractivity contribution < 1.29 is 14.3 Å². The first kappa shape index (κ1) is 19.4. The van der Waals surface area contributed by atoms with Crippen LogP contribution < -0.4 is 5.32 Å². The summed E-state index contributed by atoms with van der Waals surface area (Å²) in [6, 6.07) is 23.3. The molecule has 0 bridgehead atoms. The van der Waals surface area contributed by atoms with Crippen molar-refractivity contribution in [1.82, 2.24) is 0 Å². The average molecular weight is 392 g/mol. The normalized spacial score (nSPS) is 10.6. The topological polar surface area (TPSA) is 55.4 Å². The number of carbonyl (C=O) groups is 2. The van der Waals surface area contributed by atoms with Gasteiger partial charge in [0.25, 0.3) is 5.91 Å². The number of esters is 1. The molecule has 4 nitrogen and oxygen atoms in total. The number of halogens is 1. The molecule has 0 unspecified atom stereocenters. The first-order chi connectivity index (χ1) is 13.6. The number of rotatable bonds is 6. The minimum absolute atomic E-state index is 0.129. The maximum absolute atomic E-state index is 12.2. The second kappa shape index (κ2) is 9.53. The highest BCUT2D eigenvalue weighted by atomic mass is 35.5. The molecular weight excluding hydrogens is 374 g/mol. The zero-order valence-electron chi connectivity index (χ0n) is 15.0. The number of amides is 1. The third-order valence-corrected chi connectivity index (χ3v) is 4.16. The van der Waals surface area contributed by atoms with Gasteiger partial charge in [-0.2, -0.15) is 0 Å². The summed E-state index contributed by atoms with van der Waals surface area (Å²) in [5.41, 5.74) is 2.92. The van der Waals surface area contributed by atoms with Crippen molar-refractivity contribution in [3.63, 3.8) is 0 Å². The monoisotopic (exact) mass is 391 g/mol. The Hall–Kier alpha value is -3.37. The van der Waals surface area contributed by atoms with Crippen molar-refractivity contribution in [2.75, 3.05) is 5.32 Å². The van der Waals surface area contributed by atoms with Gasteiger partial charge in [0.1, 0.15) is 6.61 Å². The number of carbonyl (C=O) groups excluding carboxylic acids is 2. The maximum Gasteiger partial charge on any atom is 0.331 e. The fourth-order valence-electron chi connectivity index (χ4n) is 2.42. The molecule has 0 atom stereocenters. The molecule has 3 aromatic rings. The van der Waals surface area contributed by atoms with Gasteiger partial charge in [0, 0.05) is 22.3 Å². The summed E-state index contributed by atoms with van der Waals surface area (Å²) in [6.07, 6.45) is 3.03. The predicted octanol–water partition coefficient (Wildman–Crippen LogP) is 5.35. The molecule has 1 N–H and O–H groups in total. The van der Waals surface area contributed by atoms with Gasteiger partial charge >= 0.3 is 5.97 Å². The summed E-state index contributed by atoms with van der Waals surface area (Å²) in [6.45, 7) is 0.129. The molecule has 3 aromatic carbocycles. The summed E-state index contributed by atoms with van der Waals surface area (Å²) in [5.74, 6) is -0.638. The van der Waals surface area contributed by atoms with Crippen LogP contribution in [0.2, 0.25) is 5.02 Å². The lowest BCUT2D eigenvalue weighted by Gasteiger charge is -2.06. The van der Waals surface area contributed by atoms with E-state index in [9.17, 15) is 9.59 Å². The van der Waals surface area contributed by atoms with Crippen LogP contribution >= 0.6 is 11.6 Å². The standard InChI is InChI=1S/C23H18ClNO3/c24-20-13-8-17(9-14-20)10-15-22(26)28-16-18-6-11-19(12-7-18)23(27)25-21-4-2-1-3-5-21/h1-15H,16H2,(H,25,27)/b15-10+. The van der Waals surface area contributed by atoms with Gasteiger partial charge in [0.15, 0.2) is 0 Å². The van der Waals surface area contributed by atoms with Crippen LogP contribution in [0.3, 0.4) is 0 Å². The lowest BCUT2D eigenvalue weighted by Crippen LogP contribution is -2.11. The molecule has 5 heteroatoms. The molecule has 0 aromatic heterocycles. The third-order valence-electron chi connectivity index (χ3n) is 3.91. The summed E-state index contributed by atoms with van der Waals surface area (Å²) in [5, 5.41) is 3.46. The Balaban J connectivity index is 1.50. The van der Waals surface area contributed by atoms with E-state index >= 15 is 0 Å². The number of hydrogen-bond donors (Lipinski definition) is 1. The lowest BCUT2D eigenvalue weighted by molar-refractivity contribution is -0.138. The Morgan fingerprint density at radius 3 is 2.25 bits per heavy atom. The summed E-state index contributed by atoms with van der Waals surface area (Å²) < 4.78 is 5.22. The van der Waals surface area contributed by atoms with Crippen LogP contribution in [0.5, 0.6) is 0 Å². The second-order valence-corrected chi connectivity index (χ2v) is 6.45. The number of anilines is 1. The predicted molar refractivity (Wildman–Crippen MR) is 111 cm³/mol. The highest BCUT2D eigenvalue weighted by molar-refractivity contribution is 6.30. The van der Waals surface area contributed by atoms with Crippen LogP contribution in [0.1, 0.15) is 21.5 Å². The van der Waals surface area contributed by atoms with Crippen LogP contribution in [-0.2, 0) is 16.1 Å².